The molecule has 3 heterocycles. The molecule has 0 bridgehead atoms. The molecule has 3 aliphatic rings. The fraction of sp³-hybridized carbons (Fsp3) is 0.318. The third-order valence-electron chi connectivity index (χ3n) is 6.56. The third kappa shape index (κ3) is 2.90. The second-order valence-electron chi connectivity index (χ2n) is 8.08. The Morgan fingerprint density at radius 2 is 1.81 bits per heavy atom. The summed E-state index contributed by atoms with van der Waals surface area (Å²) in [6, 6.07) is 11.2. The Balaban J connectivity index is 1.56. The number of non-ortho nitro benzene ring substituents is 1. The molecule has 8 nitrogen and oxygen atoms in total. The van der Waals surface area contributed by atoms with E-state index in [2.05, 4.69) is 0 Å². The van der Waals surface area contributed by atoms with Crippen molar-refractivity contribution in [1.82, 2.24) is 4.90 Å². The van der Waals surface area contributed by atoms with Gasteiger partial charge in [-0.15, -0.1) is 0 Å². The Labute approximate surface area is 182 Å². The maximum atomic E-state index is 13.5. The molecule has 0 radical (unpaired) electrons. The van der Waals surface area contributed by atoms with Gasteiger partial charge in [0.2, 0.25) is 11.8 Å². The predicted octanol–water partition coefficient (Wildman–Crippen LogP) is 3.08. The van der Waals surface area contributed by atoms with Crippen LogP contribution in [0.2, 0.25) is 5.02 Å². The molecular formula is C22H18ClN3O5. The number of hydrogen-bond donors (Lipinski definition) is 0. The minimum Gasteiger partial charge on any atom is -0.292 e. The van der Waals surface area contributed by atoms with E-state index < -0.39 is 34.6 Å². The number of rotatable bonds is 4. The van der Waals surface area contributed by atoms with Gasteiger partial charge in [-0.2, -0.15) is 0 Å². The molecule has 4 atom stereocenters. The van der Waals surface area contributed by atoms with Crippen LogP contribution < -0.4 is 4.90 Å². The summed E-state index contributed by atoms with van der Waals surface area (Å²) in [5.41, 5.74) is 0.281. The van der Waals surface area contributed by atoms with Crippen LogP contribution in [0.1, 0.15) is 23.2 Å². The van der Waals surface area contributed by atoms with Gasteiger partial charge in [-0.1, -0.05) is 29.8 Å². The van der Waals surface area contributed by atoms with Gasteiger partial charge >= 0.3 is 0 Å². The third-order valence-corrected chi connectivity index (χ3v) is 6.89. The van der Waals surface area contributed by atoms with Crippen molar-refractivity contribution >= 4 is 40.6 Å². The van der Waals surface area contributed by atoms with Crippen molar-refractivity contribution in [3.05, 3.63) is 69.2 Å². The molecule has 9 heteroatoms. The highest BCUT2D eigenvalue weighted by molar-refractivity contribution is 6.34. The first-order valence-corrected chi connectivity index (χ1v) is 10.4. The lowest BCUT2D eigenvalue weighted by atomic mass is 9.85. The van der Waals surface area contributed by atoms with Crippen LogP contribution in [-0.4, -0.2) is 46.0 Å². The monoisotopic (exact) mass is 439 g/mol. The first-order chi connectivity index (χ1) is 14.9. The van der Waals surface area contributed by atoms with Gasteiger partial charge in [0, 0.05) is 23.7 Å². The minimum absolute atomic E-state index is 0.159. The van der Waals surface area contributed by atoms with Crippen LogP contribution in [0.15, 0.2) is 48.5 Å². The SMILES string of the molecule is O=C(c1ccccc1Cl)C1C2C(=O)N(c3cccc([N+](=O)[O-])c3)C(=O)C2C2CCCN21. The van der Waals surface area contributed by atoms with Gasteiger partial charge in [0.25, 0.3) is 5.69 Å². The van der Waals surface area contributed by atoms with Crippen molar-refractivity contribution in [3.63, 3.8) is 0 Å². The quantitative estimate of drug-likeness (QED) is 0.314. The molecule has 2 amide bonds. The van der Waals surface area contributed by atoms with Crippen LogP contribution in [0.5, 0.6) is 0 Å². The van der Waals surface area contributed by atoms with Gasteiger partial charge < -0.3 is 0 Å². The molecule has 5 rings (SSSR count). The van der Waals surface area contributed by atoms with Crippen LogP contribution in [0.3, 0.4) is 0 Å². The molecule has 3 aliphatic heterocycles. The fourth-order valence-electron chi connectivity index (χ4n) is 5.34. The average Bonchev–Trinajstić information content (AvgIpc) is 3.40. The first-order valence-electron chi connectivity index (χ1n) is 10.1. The van der Waals surface area contributed by atoms with E-state index in [-0.39, 0.29) is 23.2 Å². The number of ketones is 1. The van der Waals surface area contributed by atoms with Crippen LogP contribution >= 0.6 is 11.6 Å². The van der Waals surface area contributed by atoms with E-state index in [1.54, 1.807) is 24.3 Å². The van der Waals surface area contributed by atoms with Crippen molar-refractivity contribution in [2.75, 3.05) is 11.4 Å². The summed E-state index contributed by atoms with van der Waals surface area (Å²) in [4.78, 5) is 53.9. The van der Waals surface area contributed by atoms with Gasteiger partial charge in [-0.05, 0) is 37.6 Å². The smallest absolute Gasteiger partial charge is 0.271 e. The number of imide groups is 1. The predicted molar refractivity (Wildman–Crippen MR) is 112 cm³/mol. The molecule has 3 saturated heterocycles. The van der Waals surface area contributed by atoms with Gasteiger partial charge in [-0.3, -0.25) is 29.4 Å². The number of benzene rings is 2. The zero-order chi connectivity index (χ0) is 21.9. The number of halogens is 1. The molecule has 0 aliphatic carbocycles. The summed E-state index contributed by atoms with van der Waals surface area (Å²) in [5, 5.41) is 11.5. The molecule has 31 heavy (non-hydrogen) atoms. The van der Waals surface area contributed by atoms with E-state index in [4.69, 9.17) is 11.6 Å². The summed E-state index contributed by atoms with van der Waals surface area (Å²) in [6.07, 6.45) is 1.55. The lowest BCUT2D eigenvalue weighted by Gasteiger charge is -2.27. The number of anilines is 1. The molecular weight excluding hydrogens is 422 g/mol. The Morgan fingerprint density at radius 1 is 1.06 bits per heavy atom. The minimum atomic E-state index is -0.833. The Bertz CT molecular complexity index is 1140. The zero-order valence-corrected chi connectivity index (χ0v) is 17.1. The number of nitro benzene ring substituents is 1. The molecule has 3 fully saturated rings. The lowest BCUT2D eigenvalue weighted by Crippen LogP contribution is -2.46. The van der Waals surface area contributed by atoms with E-state index in [0.29, 0.717) is 17.1 Å². The van der Waals surface area contributed by atoms with Crippen LogP contribution in [0, 0.1) is 22.0 Å². The summed E-state index contributed by atoms with van der Waals surface area (Å²) in [5.74, 6) is -2.64. The highest BCUT2D eigenvalue weighted by Crippen LogP contribution is 2.49. The summed E-state index contributed by atoms with van der Waals surface area (Å²) in [7, 11) is 0. The van der Waals surface area contributed by atoms with Crippen molar-refractivity contribution in [2.24, 2.45) is 11.8 Å². The van der Waals surface area contributed by atoms with Crippen molar-refractivity contribution in [1.29, 1.82) is 0 Å². The summed E-state index contributed by atoms with van der Waals surface area (Å²) in [6.45, 7) is 0.635. The highest BCUT2D eigenvalue weighted by atomic mass is 35.5. The Morgan fingerprint density at radius 3 is 2.55 bits per heavy atom. The van der Waals surface area contributed by atoms with Crippen LogP contribution in [0.25, 0.3) is 0 Å². The number of carbonyl (C=O) groups is 3. The molecule has 2 aromatic rings. The second-order valence-corrected chi connectivity index (χ2v) is 8.48. The molecule has 0 saturated carbocycles. The van der Waals surface area contributed by atoms with Gasteiger partial charge in [0.05, 0.1) is 33.5 Å². The molecule has 0 aromatic heterocycles. The number of hydrogen-bond acceptors (Lipinski definition) is 6. The Kier molecular flexibility index (Phi) is 4.64. The fourth-order valence-corrected chi connectivity index (χ4v) is 5.56. The van der Waals surface area contributed by atoms with Gasteiger partial charge in [0.1, 0.15) is 0 Å². The van der Waals surface area contributed by atoms with Crippen molar-refractivity contribution < 1.29 is 19.3 Å². The molecule has 0 N–H and O–H groups in total. The van der Waals surface area contributed by atoms with Crippen LogP contribution in [0.4, 0.5) is 11.4 Å². The standard InChI is InChI=1S/C22H18ClN3O5/c23-15-8-2-1-7-14(15)20(27)19-18-17(16-9-4-10-24(16)19)21(28)25(22(18)29)12-5-3-6-13(11-12)26(30)31/h1-3,5-8,11,16-19H,4,9-10H2. The largest absolute Gasteiger partial charge is 0.292 e. The van der Waals surface area contributed by atoms with Crippen molar-refractivity contribution in [2.45, 2.75) is 24.9 Å². The number of fused-ring (bicyclic) bond motifs is 3. The Hall–Kier alpha value is -3.10. The number of nitro groups is 1. The number of carbonyl (C=O) groups excluding carboxylic acids is 3. The van der Waals surface area contributed by atoms with E-state index in [9.17, 15) is 24.5 Å². The van der Waals surface area contributed by atoms with E-state index >= 15 is 0 Å². The topological polar surface area (TPSA) is 101 Å². The number of Topliss-reactive ketones (excluding diaryl/α,β-unsaturated/α-hetero) is 1. The molecule has 0 spiro atoms. The first kappa shape index (κ1) is 19.8. The molecule has 2 aromatic carbocycles. The maximum absolute atomic E-state index is 13.5. The van der Waals surface area contributed by atoms with E-state index in [0.717, 1.165) is 17.7 Å². The van der Waals surface area contributed by atoms with Crippen molar-refractivity contribution in [3.8, 4) is 0 Å². The molecule has 158 valence electrons. The maximum Gasteiger partial charge on any atom is 0.271 e. The highest BCUT2D eigenvalue weighted by Gasteiger charge is 2.64. The van der Waals surface area contributed by atoms with Gasteiger partial charge in [0.15, 0.2) is 5.78 Å². The second kappa shape index (κ2) is 7.25. The van der Waals surface area contributed by atoms with E-state index in [1.807, 2.05) is 4.90 Å². The average molecular weight is 440 g/mol. The normalized spacial score (nSPS) is 27.5. The number of nitrogens with zero attached hydrogens (tertiary/aromatic N) is 3. The van der Waals surface area contributed by atoms with E-state index in [1.165, 1.54) is 24.3 Å². The lowest BCUT2D eigenvalue weighted by molar-refractivity contribution is -0.384. The number of amides is 2. The zero-order valence-electron chi connectivity index (χ0n) is 16.3. The van der Waals surface area contributed by atoms with Crippen LogP contribution in [-0.2, 0) is 9.59 Å². The molecule has 4 unspecified atom stereocenters. The summed E-state index contributed by atoms with van der Waals surface area (Å²) >= 11 is 6.25. The van der Waals surface area contributed by atoms with Gasteiger partial charge in [-0.25, -0.2) is 4.90 Å². The summed E-state index contributed by atoms with van der Waals surface area (Å²) < 4.78 is 0.